The number of amides is 1. The van der Waals surface area contributed by atoms with Gasteiger partial charge in [0.15, 0.2) is 0 Å². The van der Waals surface area contributed by atoms with E-state index in [2.05, 4.69) is 15.5 Å². The Balaban J connectivity index is 1.81. The SMILES string of the molecule is COc1cccc(N(C(C)C(=O)Nc2nnc(-c3ccc(Cl)cc3)s2)S(C)(=O)=O)c1. The van der Waals surface area contributed by atoms with Crippen molar-refractivity contribution in [1.29, 1.82) is 0 Å². The quantitative estimate of drug-likeness (QED) is 0.570. The van der Waals surface area contributed by atoms with E-state index < -0.39 is 22.0 Å². The number of ether oxygens (including phenoxy) is 1. The Morgan fingerprint density at radius 1 is 1.20 bits per heavy atom. The van der Waals surface area contributed by atoms with Gasteiger partial charge in [0.05, 0.1) is 19.1 Å². The van der Waals surface area contributed by atoms with Crippen LogP contribution in [0.25, 0.3) is 10.6 Å². The highest BCUT2D eigenvalue weighted by atomic mass is 35.5. The lowest BCUT2D eigenvalue weighted by molar-refractivity contribution is -0.116. The number of carbonyl (C=O) groups is 1. The van der Waals surface area contributed by atoms with Crippen molar-refractivity contribution in [3.05, 3.63) is 53.6 Å². The molecule has 0 aliphatic heterocycles. The van der Waals surface area contributed by atoms with Crippen LogP contribution in [-0.4, -0.2) is 43.9 Å². The summed E-state index contributed by atoms with van der Waals surface area (Å²) in [5.41, 5.74) is 1.12. The van der Waals surface area contributed by atoms with Crippen molar-refractivity contribution < 1.29 is 17.9 Å². The molecule has 1 aromatic heterocycles. The average molecular weight is 467 g/mol. The maximum atomic E-state index is 12.8. The van der Waals surface area contributed by atoms with Gasteiger partial charge in [0, 0.05) is 16.7 Å². The first-order valence-electron chi connectivity index (χ1n) is 8.73. The molecule has 1 atom stereocenters. The van der Waals surface area contributed by atoms with Crippen molar-refractivity contribution in [2.75, 3.05) is 23.0 Å². The molecule has 0 radical (unpaired) electrons. The monoisotopic (exact) mass is 466 g/mol. The largest absolute Gasteiger partial charge is 0.497 e. The molecule has 30 heavy (non-hydrogen) atoms. The number of nitrogens with one attached hydrogen (secondary N) is 1. The standard InChI is InChI=1S/C19H19ClN4O4S2/c1-12(24(30(3,26)27)15-5-4-6-16(11-15)28-2)17(25)21-19-23-22-18(29-19)13-7-9-14(20)10-8-13/h4-12H,1-3H3,(H,21,23,25). The van der Waals surface area contributed by atoms with Crippen LogP contribution >= 0.6 is 22.9 Å². The van der Waals surface area contributed by atoms with Crippen LogP contribution in [0.4, 0.5) is 10.8 Å². The van der Waals surface area contributed by atoms with E-state index in [1.165, 1.54) is 25.4 Å². The number of carbonyl (C=O) groups excluding carboxylic acids is 1. The Bertz CT molecular complexity index is 1150. The van der Waals surface area contributed by atoms with Crippen molar-refractivity contribution in [2.24, 2.45) is 0 Å². The molecular formula is C19H19ClN4O4S2. The number of halogens is 1. The number of benzene rings is 2. The van der Waals surface area contributed by atoms with Crippen LogP contribution in [0.1, 0.15) is 6.92 Å². The highest BCUT2D eigenvalue weighted by Crippen LogP contribution is 2.29. The van der Waals surface area contributed by atoms with Crippen LogP contribution in [-0.2, 0) is 14.8 Å². The van der Waals surface area contributed by atoms with E-state index in [1.54, 1.807) is 48.5 Å². The Labute approximate surface area is 183 Å². The second kappa shape index (κ2) is 8.99. The summed E-state index contributed by atoms with van der Waals surface area (Å²) in [7, 11) is -2.27. The zero-order valence-electron chi connectivity index (χ0n) is 16.4. The predicted molar refractivity (Wildman–Crippen MR) is 119 cm³/mol. The number of sulfonamides is 1. The minimum absolute atomic E-state index is 0.260. The maximum absolute atomic E-state index is 12.8. The van der Waals surface area contributed by atoms with E-state index in [0.29, 0.717) is 21.5 Å². The molecule has 8 nitrogen and oxygen atoms in total. The van der Waals surface area contributed by atoms with Gasteiger partial charge in [-0.1, -0.05) is 41.1 Å². The summed E-state index contributed by atoms with van der Waals surface area (Å²) in [6, 6.07) is 12.5. The summed E-state index contributed by atoms with van der Waals surface area (Å²) >= 11 is 7.07. The van der Waals surface area contributed by atoms with E-state index in [1.807, 2.05) is 0 Å². The topological polar surface area (TPSA) is 101 Å². The molecule has 1 N–H and O–H groups in total. The summed E-state index contributed by atoms with van der Waals surface area (Å²) in [6.07, 6.45) is 1.04. The zero-order valence-corrected chi connectivity index (χ0v) is 18.8. The van der Waals surface area contributed by atoms with Gasteiger partial charge >= 0.3 is 0 Å². The summed E-state index contributed by atoms with van der Waals surface area (Å²) in [6.45, 7) is 1.50. The molecule has 1 heterocycles. The van der Waals surface area contributed by atoms with E-state index in [0.717, 1.165) is 16.1 Å². The molecular weight excluding hydrogens is 448 g/mol. The first-order chi connectivity index (χ1) is 14.2. The van der Waals surface area contributed by atoms with Gasteiger partial charge in [0.25, 0.3) is 0 Å². The van der Waals surface area contributed by atoms with Crippen molar-refractivity contribution in [3.63, 3.8) is 0 Å². The lowest BCUT2D eigenvalue weighted by atomic mass is 10.2. The van der Waals surface area contributed by atoms with Gasteiger partial charge in [0.1, 0.15) is 16.8 Å². The molecule has 0 spiro atoms. The minimum Gasteiger partial charge on any atom is -0.497 e. The molecule has 0 fully saturated rings. The fourth-order valence-corrected chi connectivity index (χ4v) is 4.79. The van der Waals surface area contributed by atoms with Gasteiger partial charge in [0.2, 0.25) is 21.1 Å². The summed E-state index contributed by atoms with van der Waals surface area (Å²) in [5.74, 6) is -0.0625. The molecule has 0 bridgehead atoms. The van der Waals surface area contributed by atoms with Crippen LogP contribution in [0.5, 0.6) is 5.75 Å². The molecule has 1 unspecified atom stereocenters. The first kappa shape index (κ1) is 22.0. The van der Waals surface area contributed by atoms with Gasteiger partial charge in [-0.25, -0.2) is 8.42 Å². The molecule has 158 valence electrons. The highest BCUT2D eigenvalue weighted by molar-refractivity contribution is 7.92. The smallest absolute Gasteiger partial charge is 0.249 e. The molecule has 0 aliphatic carbocycles. The lowest BCUT2D eigenvalue weighted by Gasteiger charge is -2.28. The molecule has 2 aromatic carbocycles. The van der Waals surface area contributed by atoms with Crippen molar-refractivity contribution in [1.82, 2.24) is 10.2 Å². The van der Waals surface area contributed by atoms with Crippen LogP contribution in [0, 0.1) is 0 Å². The maximum Gasteiger partial charge on any atom is 0.249 e. The average Bonchev–Trinajstić information content (AvgIpc) is 3.16. The van der Waals surface area contributed by atoms with Gasteiger partial charge in [-0.15, -0.1) is 10.2 Å². The van der Waals surface area contributed by atoms with Crippen molar-refractivity contribution in [2.45, 2.75) is 13.0 Å². The second-order valence-corrected chi connectivity index (χ2v) is 9.62. The Morgan fingerprint density at radius 2 is 1.90 bits per heavy atom. The van der Waals surface area contributed by atoms with Crippen molar-refractivity contribution in [3.8, 4) is 16.3 Å². The van der Waals surface area contributed by atoms with Gasteiger partial charge in [-0.05, 0) is 31.2 Å². The van der Waals surface area contributed by atoms with Gasteiger partial charge in [-0.3, -0.25) is 14.4 Å². The fraction of sp³-hybridized carbons (Fsp3) is 0.211. The van der Waals surface area contributed by atoms with Crippen LogP contribution in [0.3, 0.4) is 0 Å². The van der Waals surface area contributed by atoms with Crippen molar-refractivity contribution >= 4 is 49.7 Å². The fourth-order valence-electron chi connectivity index (χ4n) is 2.75. The summed E-state index contributed by atoms with van der Waals surface area (Å²) < 4.78 is 31.0. The van der Waals surface area contributed by atoms with E-state index in [-0.39, 0.29) is 5.13 Å². The van der Waals surface area contributed by atoms with E-state index in [9.17, 15) is 13.2 Å². The molecule has 1 amide bonds. The second-order valence-electron chi connectivity index (χ2n) is 6.34. The summed E-state index contributed by atoms with van der Waals surface area (Å²) in [5, 5.41) is 12.1. The van der Waals surface area contributed by atoms with E-state index in [4.69, 9.17) is 16.3 Å². The third-order valence-electron chi connectivity index (χ3n) is 4.14. The zero-order chi connectivity index (χ0) is 21.9. The Hall–Kier alpha value is -2.69. The highest BCUT2D eigenvalue weighted by Gasteiger charge is 2.30. The number of rotatable bonds is 7. The minimum atomic E-state index is -3.75. The van der Waals surface area contributed by atoms with Crippen LogP contribution in [0.15, 0.2) is 48.5 Å². The summed E-state index contributed by atoms with van der Waals surface area (Å²) in [4.78, 5) is 12.8. The number of hydrogen-bond donors (Lipinski definition) is 1. The molecule has 0 saturated carbocycles. The molecule has 0 saturated heterocycles. The van der Waals surface area contributed by atoms with E-state index >= 15 is 0 Å². The Morgan fingerprint density at radius 3 is 2.53 bits per heavy atom. The molecule has 11 heteroatoms. The van der Waals surface area contributed by atoms with Gasteiger partial charge in [-0.2, -0.15) is 0 Å². The third-order valence-corrected chi connectivity index (χ3v) is 6.52. The lowest BCUT2D eigenvalue weighted by Crippen LogP contribution is -2.45. The van der Waals surface area contributed by atoms with Gasteiger partial charge < -0.3 is 4.74 Å². The number of nitrogens with zero attached hydrogens (tertiary/aromatic N) is 3. The normalized spacial score (nSPS) is 12.3. The number of methoxy groups -OCH3 is 1. The molecule has 0 aliphatic rings. The number of anilines is 2. The van der Waals surface area contributed by atoms with Crippen LogP contribution < -0.4 is 14.4 Å². The third kappa shape index (κ3) is 5.07. The molecule has 3 aromatic rings. The molecule has 3 rings (SSSR count). The van der Waals surface area contributed by atoms with Crippen LogP contribution in [0.2, 0.25) is 5.02 Å². The first-order valence-corrected chi connectivity index (χ1v) is 11.8. The number of aromatic nitrogens is 2. The Kier molecular flexibility index (Phi) is 6.59. The number of hydrogen-bond acceptors (Lipinski definition) is 7. The predicted octanol–water partition coefficient (Wildman–Crippen LogP) is 3.66.